The number of rotatable bonds is 5. The number of aliphatic hydroxyl groups excluding tert-OH is 1. The van der Waals surface area contributed by atoms with E-state index in [-0.39, 0.29) is 6.61 Å². The van der Waals surface area contributed by atoms with Crippen LogP contribution >= 0.6 is 0 Å². The van der Waals surface area contributed by atoms with E-state index < -0.39 is 0 Å². The van der Waals surface area contributed by atoms with Gasteiger partial charge in [0.2, 0.25) is 0 Å². The molecule has 0 atom stereocenters. The van der Waals surface area contributed by atoms with Crippen molar-refractivity contribution in [1.29, 1.82) is 0 Å². The Morgan fingerprint density at radius 3 is 2.82 bits per heavy atom. The first-order chi connectivity index (χ1) is 8.27. The summed E-state index contributed by atoms with van der Waals surface area (Å²) in [5, 5.41) is 8.70. The Balaban J connectivity index is 2.69. The van der Waals surface area contributed by atoms with E-state index in [1.807, 2.05) is 32.0 Å². The van der Waals surface area contributed by atoms with Crippen LogP contribution in [-0.2, 0) is 4.74 Å². The fraction of sp³-hybridized carbons (Fsp3) is 0.429. The fourth-order valence-electron chi connectivity index (χ4n) is 1.36. The van der Waals surface area contributed by atoms with E-state index in [1.165, 1.54) is 0 Å². The lowest BCUT2D eigenvalue weighted by Crippen LogP contribution is -2.07. The summed E-state index contributed by atoms with van der Waals surface area (Å²) in [6, 6.07) is 5.81. The summed E-state index contributed by atoms with van der Waals surface area (Å²) < 4.78 is 10.8. The summed E-state index contributed by atoms with van der Waals surface area (Å²) in [6.45, 7) is 5.56. The van der Waals surface area contributed by atoms with Crippen LogP contribution in [0.3, 0.4) is 0 Å². The first-order valence-electron chi connectivity index (χ1n) is 5.69. The highest BCUT2D eigenvalue weighted by atomic mass is 16.5. The Labute approximate surface area is 102 Å². The SMILES string of the molecule is CCOCCOc1ccc(C)cc1C#CCO. The van der Waals surface area contributed by atoms with Gasteiger partial charge >= 0.3 is 0 Å². The van der Waals surface area contributed by atoms with Crippen molar-refractivity contribution < 1.29 is 14.6 Å². The van der Waals surface area contributed by atoms with Gasteiger partial charge in [-0.1, -0.05) is 17.9 Å². The van der Waals surface area contributed by atoms with Gasteiger partial charge in [0, 0.05) is 6.61 Å². The van der Waals surface area contributed by atoms with Gasteiger partial charge in [0.15, 0.2) is 0 Å². The van der Waals surface area contributed by atoms with E-state index >= 15 is 0 Å². The third-order valence-corrected chi connectivity index (χ3v) is 2.13. The van der Waals surface area contributed by atoms with E-state index in [0.29, 0.717) is 19.8 Å². The van der Waals surface area contributed by atoms with E-state index in [4.69, 9.17) is 14.6 Å². The monoisotopic (exact) mass is 234 g/mol. The van der Waals surface area contributed by atoms with Crippen molar-refractivity contribution in [3.63, 3.8) is 0 Å². The molecule has 1 rings (SSSR count). The van der Waals surface area contributed by atoms with Crippen molar-refractivity contribution in [2.45, 2.75) is 13.8 Å². The lowest BCUT2D eigenvalue weighted by Gasteiger charge is -2.08. The van der Waals surface area contributed by atoms with Gasteiger partial charge in [-0.3, -0.25) is 0 Å². The normalized spacial score (nSPS) is 9.59. The maximum Gasteiger partial charge on any atom is 0.135 e. The Kier molecular flexibility index (Phi) is 6.16. The van der Waals surface area contributed by atoms with Crippen molar-refractivity contribution in [3.05, 3.63) is 29.3 Å². The largest absolute Gasteiger partial charge is 0.490 e. The van der Waals surface area contributed by atoms with Gasteiger partial charge in [-0.25, -0.2) is 0 Å². The van der Waals surface area contributed by atoms with Crippen LogP contribution in [0.25, 0.3) is 0 Å². The molecule has 0 radical (unpaired) electrons. The second kappa shape index (κ2) is 7.72. The maximum absolute atomic E-state index is 8.70. The molecule has 0 spiro atoms. The molecule has 17 heavy (non-hydrogen) atoms. The molecule has 0 unspecified atom stereocenters. The van der Waals surface area contributed by atoms with Crippen molar-refractivity contribution >= 4 is 0 Å². The highest BCUT2D eigenvalue weighted by molar-refractivity contribution is 5.48. The zero-order valence-electron chi connectivity index (χ0n) is 10.3. The molecule has 0 amide bonds. The molecule has 0 aliphatic heterocycles. The predicted molar refractivity (Wildman–Crippen MR) is 67.1 cm³/mol. The summed E-state index contributed by atoms with van der Waals surface area (Å²) in [7, 11) is 0. The quantitative estimate of drug-likeness (QED) is 0.623. The zero-order chi connectivity index (χ0) is 12.5. The minimum absolute atomic E-state index is 0.147. The molecular weight excluding hydrogens is 216 g/mol. The number of hydrogen-bond donors (Lipinski definition) is 1. The third kappa shape index (κ3) is 4.90. The van der Waals surface area contributed by atoms with E-state index in [0.717, 1.165) is 16.9 Å². The lowest BCUT2D eigenvalue weighted by atomic mass is 10.1. The average Bonchev–Trinajstić information content (AvgIpc) is 2.34. The molecule has 0 aliphatic carbocycles. The third-order valence-electron chi connectivity index (χ3n) is 2.13. The standard InChI is InChI=1S/C14H18O3/c1-3-16-9-10-17-14-7-6-12(2)11-13(14)5-4-8-15/h6-7,11,15H,3,8-10H2,1-2H3. The molecule has 1 aromatic rings. The molecule has 3 heteroatoms. The molecule has 0 saturated heterocycles. The minimum Gasteiger partial charge on any atom is -0.490 e. The van der Waals surface area contributed by atoms with Gasteiger partial charge in [0.05, 0.1) is 12.2 Å². The first-order valence-corrected chi connectivity index (χ1v) is 5.69. The molecule has 1 N–H and O–H groups in total. The highest BCUT2D eigenvalue weighted by Crippen LogP contribution is 2.18. The number of aryl methyl sites for hydroxylation is 1. The summed E-state index contributed by atoms with van der Waals surface area (Å²) in [6.07, 6.45) is 0. The summed E-state index contributed by atoms with van der Waals surface area (Å²) in [5.41, 5.74) is 1.92. The molecule has 0 saturated carbocycles. The maximum atomic E-state index is 8.70. The minimum atomic E-state index is -0.147. The van der Waals surface area contributed by atoms with Crippen LogP contribution in [0, 0.1) is 18.8 Å². The van der Waals surface area contributed by atoms with Crippen molar-refractivity contribution in [2.75, 3.05) is 26.4 Å². The first kappa shape index (κ1) is 13.6. The molecule has 0 heterocycles. The van der Waals surface area contributed by atoms with Crippen LogP contribution in [0.15, 0.2) is 18.2 Å². The Morgan fingerprint density at radius 1 is 1.29 bits per heavy atom. The smallest absolute Gasteiger partial charge is 0.135 e. The molecule has 0 bridgehead atoms. The second-order valence-electron chi connectivity index (χ2n) is 3.50. The molecular formula is C14H18O3. The number of aliphatic hydroxyl groups is 1. The van der Waals surface area contributed by atoms with Gasteiger partial charge in [0.1, 0.15) is 19.0 Å². The van der Waals surface area contributed by atoms with Crippen LogP contribution in [0.4, 0.5) is 0 Å². The van der Waals surface area contributed by atoms with Gasteiger partial charge in [-0.05, 0) is 31.5 Å². The van der Waals surface area contributed by atoms with Gasteiger partial charge in [-0.15, -0.1) is 0 Å². The van der Waals surface area contributed by atoms with Crippen molar-refractivity contribution in [2.24, 2.45) is 0 Å². The van der Waals surface area contributed by atoms with Crippen LogP contribution in [0.5, 0.6) is 5.75 Å². The number of ether oxygens (including phenoxy) is 2. The van der Waals surface area contributed by atoms with Crippen LogP contribution in [0.2, 0.25) is 0 Å². The Bertz CT molecular complexity index is 402. The van der Waals surface area contributed by atoms with E-state index in [2.05, 4.69) is 11.8 Å². The van der Waals surface area contributed by atoms with E-state index in [1.54, 1.807) is 0 Å². The van der Waals surface area contributed by atoms with Crippen molar-refractivity contribution in [3.8, 4) is 17.6 Å². The van der Waals surface area contributed by atoms with Gasteiger partial charge in [0.25, 0.3) is 0 Å². The molecule has 0 aliphatic rings. The Hall–Kier alpha value is -1.50. The van der Waals surface area contributed by atoms with Crippen LogP contribution in [-0.4, -0.2) is 31.5 Å². The van der Waals surface area contributed by atoms with Crippen LogP contribution < -0.4 is 4.74 Å². The summed E-state index contributed by atoms with van der Waals surface area (Å²) in [5.74, 6) is 6.24. The Morgan fingerprint density at radius 2 is 2.12 bits per heavy atom. The van der Waals surface area contributed by atoms with Gasteiger partial charge in [-0.2, -0.15) is 0 Å². The molecule has 0 aromatic heterocycles. The van der Waals surface area contributed by atoms with E-state index in [9.17, 15) is 0 Å². The number of hydrogen-bond acceptors (Lipinski definition) is 3. The zero-order valence-corrected chi connectivity index (χ0v) is 10.3. The second-order valence-corrected chi connectivity index (χ2v) is 3.50. The number of benzene rings is 1. The molecule has 3 nitrogen and oxygen atoms in total. The molecule has 0 fully saturated rings. The topological polar surface area (TPSA) is 38.7 Å². The van der Waals surface area contributed by atoms with Gasteiger partial charge < -0.3 is 14.6 Å². The lowest BCUT2D eigenvalue weighted by molar-refractivity contribution is 0.110. The van der Waals surface area contributed by atoms with Crippen LogP contribution in [0.1, 0.15) is 18.1 Å². The molecule has 1 aromatic carbocycles. The summed E-state index contributed by atoms with van der Waals surface area (Å²) in [4.78, 5) is 0. The average molecular weight is 234 g/mol. The predicted octanol–water partition coefficient (Wildman–Crippen LogP) is 1.75. The summed E-state index contributed by atoms with van der Waals surface area (Å²) >= 11 is 0. The fourth-order valence-corrected chi connectivity index (χ4v) is 1.36. The molecule has 92 valence electrons. The van der Waals surface area contributed by atoms with Crippen molar-refractivity contribution in [1.82, 2.24) is 0 Å². The highest BCUT2D eigenvalue weighted by Gasteiger charge is 2.01.